The number of anilines is 1. The van der Waals surface area contributed by atoms with Crippen LogP contribution in [-0.4, -0.2) is 118 Å². The number of phenolic OH excluding ortho intramolecular Hbond substituents is 1. The Kier molecular flexibility index (Phi) is 9.70. The number of ether oxygens (including phenoxy) is 1. The SMILES string of the molecule is Cc1cc(C[C@@H](OC(=O)N2CCC(N3CCc4ccccc4NC3=O)CC2)C(=O)N2CCC(N3CCC(O)C3)CC2)cc(C)c1O. The molecule has 0 spiro atoms. The van der Waals surface area contributed by atoms with Gasteiger partial charge in [0.2, 0.25) is 0 Å². The zero-order chi connectivity index (χ0) is 32.4. The highest BCUT2D eigenvalue weighted by Crippen LogP contribution is 2.28. The number of aliphatic hydroxyl groups is 1. The third-order valence-electron chi connectivity index (χ3n) is 10.3. The number of aliphatic hydroxyl groups excluding tert-OH is 1. The van der Waals surface area contributed by atoms with Crippen molar-refractivity contribution < 1.29 is 29.3 Å². The highest BCUT2D eigenvalue weighted by molar-refractivity contribution is 5.91. The number of urea groups is 1. The standard InChI is InChI=1S/C35H47N5O6/c1-23-19-25(20-24(2)32(23)42)21-31(33(43)37-13-8-27(9-14-37)39-17-12-29(41)22-39)46-35(45)38-15-10-28(11-16-38)40-18-7-26-5-3-4-6-30(26)36-34(40)44/h3-6,19-20,27-29,31,41-42H,7-18,21-22H2,1-2H3,(H,36,44)/t29?,31-/m1/s1. The largest absolute Gasteiger partial charge is 0.507 e. The maximum absolute atomic E-state index is 13.9. The highest BCUT2D eigenvalue weighted by Gasteiger charge is 2.37. The molecule has 2 aromatic carbocycles. The Morgan fingerprint density at radius 2 is 1.57 bits per heavy atom. The second-order valence-electron chi connectivity index (χ2n) is 13.4. The minimum absolute atomic E-state index is 0.0109. The predicted molar refractivity (Wildman–Crippen MR) is 174 cm³/mol. The number of β-amino-alcohol motifs (C(OH)–C–C–N with tert-alkyl or cyclic N) is 1. The van der Waals surface area contributed by atoms with Crippen LogP contribution in [0, 0.1) is 13.8 Å². The van der Waals surface area contributed by atoms with E-state index >= 15 is 0 Å². The van der Waals surface area contributed by atoms with Crippen molar-refractivity contribution in [3.05, 3.63) is 58.7 Å². The number of amides is 4. The molecule has 0 aliphatic carbocycles. The number of hydrogen-bond acceptors (Lipinski definition) is 7. The van der Waals surface area contributed by atoms with Crippen molar-refractivity contribution >= 4 is 23.7 Å². The first kappa shape index (κ1) is 32.1. The number of para-hydroxylation sites is 1. The predicted octanol–water partition coefficient (Wildman–Crippen LogP) is 3.67. The van der Waals surface area contributed by atoms with Crippen LogP contribution in [0.15, 0.2) is 36.4 Å². The van der Waals surface area contributed by atoms with Gasteiger partial charge in [0.1, 0.15) is 5.75 Å². The molecule has 6 rings (SSSR count). The summed E-state index contributed by atoms with van der Waals surface area (Å²) in [4.78, 5) is 48.2. The summed E-state index contributed by atoms with van der Waals surface area (Å²) >= 11 is 0. The zero-order valence-corrected chi connectivity index (χ0v) is 27.0. The van der Waals surface area contributed by atoms with Crippen LogP contribution in [0.1, 0.15) is 54.4 Å². The number of hydrogen-bond donors (Lipinski definition) is 3. The number of piperidine rings is 2. The molecule has 4 aliphatic heterocycles. The summed E-state index contributed by atoms with van der Waals surface area (Å²) < 4.78 is 6.02. The van der Waals surface area contributed by atoms with Crippen LogP contribution in [-0.2, 0) is 22.4 Å². The molecule has 11 heteroatoms. The van der Waals surface area contributed by atoms with Crippen molar-refractivity contribution in [1.82, 2.24) is 19.6 Å². The van der Waals surface area contributed by atoms with Gasteiger partial charge in [0.15, 0.2) is 6.10 Å². The van der Waals surface area contributed by atoms with Gasteiger partial charge in [-0.1, -0.05) is 30.3 Å². The molecular formula is C35H47N5O6. The summed E-state index contributed by atoms with van der Waals surface area (Å²) in [6.07, 6.45) is 2.90. The van der Waals surface area contributed by atoms with Crippen molar-refractivity contribution in [1.29, 1.82) is 0 Å². The molecule has 0 aromatic heterocycles. The number of rotatable bonds is 6. The van der Waals surface area contributed by atoms with E-state index in [9.17, 15) is 24.6 Å². The van der Waals surface area contributed by atoms with Crippen molar-refractivity contribution in [3.63, 3.8) is 0 Å². The molecule has 4 heterocycles. The van der Waals surface area contributed by atoms with Crippen molar-refractivity contribution in [2.24, 2.45) is 0 Å². The molecule has 0 saturated carbocycles. The van der Waals surface area contributed by atoms with Crippen molar-refractivity contribution in [2.45, 2.75) is 83.1 Å². The molecule has 2 aromatic rings. The van der Waals surface area contributed by atoms with E-state index in [1.807, 2.05) is 60.0 Å². The lowest BCUT2D eigenvalue weighted by atomic mass is 9.99. The van der Waals surface area contributed by atoms with Crippen molar-refractivity contribution in [3.8, 4) is 5.75 Å². The summed E-state index contributed by atoms with van der Waals surface area (Å²) in [7, 11) is 0. The van der Waals surface area contributed by atoms with Gasteiger partial charge in [-0.25, -0.2) is 9.59 Å². The van der Waals surface area contributed by atoms with Crippen LogP contribution < -0.4 is 5.32 Å². The fourth-order valence-corrected chi connectivity index (χ4v) is 7.61. The third kappa shape index (κ3) is 7.10. The van der Waals surface area contributed by atoms with Gasteiger partial charge in [-0.2, -0.15) is 0 Å². The summed E-state index contributed by atoms with van der Waals surface area (Å²) in [5, 5.41) is 23.3. The maximum Gasteiger partial charge on any atom is 0.410 e. The molecule has 1 unspecified atom stereocenters. The summed E-state index contributed by atoms with van der Waals surface area (Å²) in [5.74, 6) is 0.0230. The quantitative estimate of drug-likeness (QED) is 0.443. The lowest BCUT2D eigenvalue weighted by Gasteiger charge is -2.39. The van der Waals surface area contributed by atoms with Crippen LogP contribution in [0.25, 0.3) is 0 Å². The fraction of sp³-hybridized carbons (Fsp3) is 0.571. The molecule has 0 bridgehead atoms. The summed E-state index contributed by atoms with van der Waals surface area (Å²) in [5.41, 5.74) is 4.22. The Bertz CT molecular complexity index is 1410. The molecule has 4 amide bonds. The van der Waals surface area contributed by atoms with Gasteiger partial charge in [0.05, 0.1) is 6.10 Å². The van der Waals surface area contributed by atoms with Gasteiger partial charge in [-0.05, 0) is 80.7 Å². The number of carbonyl (C=O) groups is 3. The van der Waals surface area contributed by atoms with Gasteiger partial charge < -0.3 is 35.0 Å². The molecule has 46 heavy (non-hydrogen) atoms. The Morgan fingerprint density at radius 3 is 2.24 bits per heavy atom. The highest BCUT2D eigenvalue weighted by atomic mass is 16.6. The van der Waals surface area contributed by atoms with E-state index in [0.717, 1.165) is 49.0 Å². The average molecular weight is 634 g/mol. The van der Waals surface area contributed by atoms with E-state index in [2.05, 4.69) is 10.2 Å². The van der Waals surface area contributed by atoms with Gasteiger partial charge in [0, 0.05) is 70.0 Å². The Labute approximate surface area is 271 Å². The number of benzene rings is 2. The maximum atomic E-state index is 13.9. The Hall–Kier alpha value is -3.83. The molecule has 0 radical (unpaired) electrons. The van der Waals surface area contributed by atoms with Gasteiger partial charge >= 0.3 is 12.1 Å². The number of phenols is 1. The van der Waals surface area contributed by atoms with E-state index in [-0.39, 0.29) is 36.3 Å². The van der Waals surface area contributed by atoms with E-state index < -0.39 is 12.2 Å². The minimum atomic E-state index is -0.992. The second-order valence-corrected chi connectivity index (χ2v) is 13.4. The van der Waals surface area contributed by atoms with Gasteiger partial charge in [0.25, 0.3) is 5.91 Å². The monoisotopic (exact) mass is 633 g/mol. The first-order valence-corrected chi connectivity index (χ1v) is 16.8. The van der Waals surface area contributed by atoms with E-state index in [4.69, 9.17) is 4.74 Å². The van der Waals surface area contributed by atoms with Crippen molar-refractivity contribution in [2.75, 3.05) is 51.1 Å². The number of likely N-dealkylation sites (tertiary alicyclic amines) is 3. The topological polar surface area (TPSA) is 126 Å². The Morgan fingerprint density at radius 1 is 0.913 bits per heavy atom. The Balaban J connectivity index is 1.09. The number of aromatic hydroxyl groups is 1. The molecule has 248 valence electrons. The molecule has 4 aliphatic rings. The normalized spacial score (nSPS) is 22.3. The molecule has 11 nitrogen and oxygen atoms in total. The molecular weight excluding hydrogens is 586 g/mol. The van der Waals surface area contributed by atoms with Gasteiger partial charge in [-0.3, -0.25) is 9.69 Å². The van der Waals surface area contributed by atoms with E-state index in [1.54, 1.807) is 4.90 Å². The van der Waals surface area contributed by atoms with Crippen LogP contribution in [0.5, 0.6) is 5.75 Å². The van der Waals surface area contributed by atoms with E-state index in [1.165, 1.54) is 0 Å². The minimum Gasteiger partial charge on any atom is -0.507 e. The number of nitrogens with zero attached hydrogens (tertiary/aromatic N) is 4. The molecule has 2 atom stereocenters. The van der Waals surface area contributed by atoms with Crippen LogP contribution in [0.3, 0.4) is 0 Å². The number of carbonyl (C=O) groups excluding carboxylic acids is 3. The van der Waals surface area contributed by atoms with Crippen LogP contribution in [0.2, 0.25) is 0 Å². The van der Waals surface area contributed by atoms with Crippen LogP contribution in [0.4, 0.5) is 15.3 Å². The zero-order valence-electron chi connectivity index (χ0n) is 27.0. The number of fused-ring (bicyclic) bond motifs is 1. The average Bonchev–Trinajstić information content (AvgIpc) is 3.42. The summed E-state index contributed by atoms with van der Waals surface area (Å²) in [6.45, 7) is 7.85. The van der Waals surface area contributed by atoms with Crippen LogP contribution >= 0.6 is 0 Å². The fourth-order valence-electron chi connectivity index (χ4n) is 7.61. The molecule has 3 N–H and O–H groups in total. The number of nitrogens with one attached hydrogen (secondary N) is 1. The first-order chi connectivity index (χ1) is 22.2. The summed E-state index contributed by atoms with van der Waals surface area (Å²) in [6, 6.07) is 11.8. The van der Waals surface area contributed by atoms with Gasteiger partial charge in [-0.15, -0.1) is 0 Å². The smallest absolute Gasteiger partial charge is 0.410 e. The first-order valence-electron chi connectivity index (χ1n) is 16.8. The third-order valence-corrected chi connectivity index (χ3v) is 10.3. The number of aryl methyl sites for hydroxylation is 2. The van der Waals surface area contributed by atoms with E-state index in [0.29, 0.717) is 69.3 Å². The lowest BCUT2D eigenvalue weighted by Crippen LogP contribution is -2.52. The lowest BCUT2D eigenvalue weighted by molar-refractivity contribution is -0.142. The molecule has 3 saturated heterocycles. The second kappa shape index (κ2) is 13.9. The molecule has 3 fully saturated rings.